The topological polar surface area (TPSA) is 81.3 Å². The van der Waals surface area contributed by atoms with Crippen molar-refractivity contribution in [2.45, 2.75) is 13.0 Å². The number of rotatable bonds is 8. The summed E-state index contributed by atoms with van der Waals surface area (Å²) >= 11 is 3.48. The van der Waals surface area contributed by atoms with Crippen molar-refractivity contribution in [1.29, 1.82) is 0 Å². The molecule has 1 aliphatic heterocycles. The van der Waals surface area contributed by atoms with Crippen LogP contribution in [0.2, 0.25) is 0 Å². The van der Waals surface area contributed by atoms with Crippen molar-refractivity contribution in [2.75, 3.05) is 53.6 Å². The Hall–Kier alpha value is -1.51. The number of hydrogen-bond acceptors (Lipinski definition) is 5. The summed E-state index contributed by atoms with van der Waals surface area (Å²) in [5.41, 5.74) is 6.93. The Bertz CT molecular complexity index is 577. The summed E-state index contributed by atoms with van der Waals surface area (Å²) in [6, 6.07) is 3.86. The standard InChI is InChI=1S/C17H27BrN4O3/c1-23-15-11-13(10-14(18)16(15)24-2)12-21-17(19)20-4-3-5-22-6-8-25-9-7-22/h10-11H,3-9,12H2,1-2H3,(H3,19,20,21). The first-order valence-corrected chi connectivity index (χ1v) is 9.17. The Morgan fingerprint density at radius 3 is 2.76 bits per heavy atom. The summed E-state index contributed by atoms with van der Waals surface area (Å²) in [5.74, 6) is 1.79. The van der Waals surface area contributed by atoms with Gasteiger partial charge in [0.2, 0.25) is 0 Å². The molecule has 3 N–H and O–H groups in total. The molecule has 0 bridgehead atoms. The molecule has 1 aromatic rings. The highest BCUT2D eigenvalue weighted by Gasteiger charge is 2.11. The molecular weight excluding hydrogens is 388 g/mol. The van der Waals surface area contributed by atoms with Crippen molar-refractivity contribution in [2.24, 2.45) is 10.7 Å². The predicted octanol–water partition coefficient (Wildman–Crippen LogP) is 1.59. The number of nitrogens with one attached hydrogen (secondary N) is 1. The fourth-order valence-electron chi connectivity index (χ4n) is 2.64. The number of guanidine groups is 1. The van der Waals surface area contributed by atoms with Crippen molar-refractivity contribution < 1.29 is 14.2 Å². The zero-order valence-corrected chi connectivity index (χ0v) is 16.5. The average molecular weight is 415 g/mol. The van der Waals surface area contributed by atoms with Crippen LogP contribution in [-0.4, -0.2) is 64.5 Å². The van der Waals surface area contributed by atoms with Gasteiger partial charge in [-0.25, -0.2) is 4.99 Å². The van der Waals surface area contributed by atoms with Crippen LogP contribution in [0, 0.1) is 0 Å². The lowest BCUT2D eigenvalue weighted by Crippen LogP contribution is -2.39. The maximum Gasteiger partial charge on any atom is 0.188 e. The Labute approximate surface area is 157 Å². The van der Waals surface area contributed by atoms with Crippen LogP contribution in [0.25, 0.3) is 0 Å². The van der Waals surface area contributed by atoms with Gasteiger partial charge in [-0.1, -0.05) is 0 Å². The molecule has 1 fully saturated rings. The van der Waals surface area contributed by atoms with Crippen LogP contribution < -0.4 is 20.5 Å². The molecule has 0 aliphatic carbocycles. The molecule has 0 atom stereocenters. The zero-order valence-electron chi connectivity index (χ0n) is 14.9. The summed E-state index contributed by atoms with van der Waals surface area (Å²) in [7, 11) is 3.22. The van der Waals surface area contributed by atoms with E-state index in [0.717, 1.165) is 55.8 Å². The van der Waals surface area contributed by atoms with E-state index < -0.39 is 0 Å². The first-order valence-electron chi connectivity index (χ1n) is 8.38. The molecule has 1 heterocycles. The van der Waals surface area contributed by atoms with Crippen LogP contribution >= 0.6 is 15.9 Å². The zero-order chi connectivity index (χ0) is 18.1. The Kier molecular flexibility index (Phi) is 8.30. The van der Waals surface area contributed by atoms with Gasteiger partial charge in [-0.15, -0.1) is 0 Å². The summed E-state index contributed by atoms with van der Waals surface area (Å²) in [6.45, 7) is 6.02. The van der Waals surface area contributed by atoms with Gasteiger partial charge in [-0.2, -0.15) is 0 Å². The van der Waals surface area contributed by atoms with E-state index in [0.29, 0.717) is 24.0 Å². The van der Waals surface area contributed by atoms with Gasteiger partial charge in [0.1, 0.15) is 0 Å². The lowest BCUT2D eigenvalue weighted by molar-refractivity contribution is 0.0376. The van der Waals surface area contributed by atoms with Crippen LogP contribution in [0.4, 0.5) is 0 Å². The van der Waals surface area contributed by atoms with Gasteiger partial charge in [0.15, 0.2) is 17.5 Å². The summed E-state index contributed by atoms with van der Waals surface area (Å²) in [6.07, 6.45) is 1.03. The molecule has 0 spiro atoms. The number of halogens is 1. The van der Waals surface area contributed by atoms with Crippen LogP contribution in [0.15, 0.2) is 21.6 Å². The Balaban J connectivity index is 1.77. The fourth-order valence-corrected chi connectivity index (χ4v) is 3.29. The van der Waals surface area contributed by atoms with Crippen molar-refractivity contribution in [3.63, 3.8) is 0 Å². The minimum absolute atomic E-state index is 0.452. The van der Waals surface area contributed by atoms with Crippen LogP contribution in [-0.2, 0) is 11.3 Å². The first-order chi connectivity index (χ1) is 12.1. The Morgan fingerprint density at radius 2 is 2.08 bits per heavy atom. The van der Waals surface area contributed by atoms with E-state index in [4.69, 9.17) is 19.9 Å². The van der Waals surface area contributed by atoms with Crippen molar-refractivity contribution >= 4 is 21.9 Å². The fraction of sp³-hybridized carbons (Fsp3) is 0.588. The van der Waals surface area contributed by atoms with Gasteiger partial charge in [-0.05, 0) is 46.6 Å². The first kappa shape index (κ1) is 19.8. The highest BCUT2D eigenvalue weighted by Crippen LogP contribution is 2.36. The Morgan fingerprint density at radius 1 is 1.32 bits per heavy atom. The average Bonchev–Trinajstić information content (AvgIpc) is 2.64. The van der Waals surface area contributed by atoms with Gasteiger partial charge in [0.25, 0.3) is 0 Å². The number of methoxy groups -OCH3 is 2. The van der Waals surface area contributed by atoms with E-state index >= 15 is 0 Å². The molecule has 25 heavy (non-hydrogen) atoms. The number of aliphatic imine (C=N–C) groups is 1. The number of nitrogens with two attached hydrogens (primary N) is 1. The van der Waals surface area contributed by atoms with Crippen LogP contribution in [0.1, 0.15) is 12.0 Å². The second kappa shape index (κ2) is 10.5. The monoisotopic (exact) mass is 414 g/mol. The molecule has 2 rings (SSSR count). The second-order valence-electron chi connectivity index (χ2n) is 5.75. The lowest BCUT2D eigenvalue weighted by Gasteiger charge is -2.26. The maximum absolute atomic E-state index is 5.94. The van der Waals surface area contributed by atoms with Gasteiger partial charge < -0.3 is 25.3 Å². The predicted molar refractivity (Wildman–Crippen MR) is 102 cm³/mol. The van der Waals surface area contributed by atoms with Gasteiger partial charge in [0.05, 0.1) is 38.5 Å². The normalized spacial score (nSPS) is 15.9. The molecule has 8 heteroatoms. The largest absolute Gasteiger partial charge is 0.493 e. The number of hydrogen-bond donors (Lipinski definition) is 2. The lowest BCUT2D eigenvalue weighted by atomic mass is 10.2. The minimum atomic E-state index is 0.452. The molecule has 140 valence electrons. The van der Waals surface area contributed by atoms with Crippen LogP contribution in [0.5, 0.6) is 11.5 Å². The molecule has 0 aromatic heterocycles. The number of nitrogens with zero attached hydrogens (tertiary/aromatic N) is 2. The highest BCUT2D eigenvalue weighted by atomic mass is 79.9. The molecule has 0 unspecified atom stereocenters. The van der Waals surface area contributed by atoms with E-state index in [1.165, 1.54) is 0 Å². The second-order valence-corrected chi connectivity index (χ2v) is 6.60. The highest BCUT2D eigenvalue weighted by molar-refractivity contribution is 9.10. The molecule has 0 saturated carbocycles. The molecule has 1 aliphatic rings. The molecular formula is C17H27BrN4O3. The van der Waals surface area contributed by atoms with Gasteiger partial charge in [0, 0.05) is 19.6 Å². The summed E-state index contributed by atoms with van der Waals surface area (Å²) in [5, 5.41) is 3.16. The van der Waals surface area contributed by atoms with Gasteiger partial charge >= 0.3 is 0 Å². The number of benzene rings is 1. The third kappa shape index (κ3) is 6.37. The molecule has 0 radical (unpaired) electrons. The summed E-state index contributed by atoms with van der Waals surface area (Å²) in [4.78, 5) is 6.79. The smallest absolute Gasteiger partial charge is 0.188 e. The van der Waals surface area contributed by atoms with E-state index in [9.17, 15) is 0 Å². The van der Waals surface area contributed by atoms with Crippen LogP contribution in [0.3, 0.4) is 0 Å². The number of morpholine rings is 1. The van der Waals surface area contributed by atoms with E-state index in [1.54, 1.807) is 14.2 Å². The number of ether oxygens (including phenoxy) is 3. The SMILES string of the molecule is COc1cc(CN=C(N)NCCCN2CCOCC2)cc(Br)c1OC. The minimum Gasteiger partial charge on any atom is -0.493 e. The third-order valence-electron chi connectivity index (χ3n) is 3.99. The maximum atomic E-state index is 5.94. The van der Waals surface area contributed by atoms with E-state index in [2.05, 4.69) is 31.1 Å². The van der Waals surface area contributed by atoms with Crippen molar-refractivity contribution in [1.82, 2.24) is 10.2 Å². The van der Waals surface area contributed by atoms with Crippen molar-refractivity contribution in [3.05, 3.63) is 22.2 Å². The molecule has 7 nitrogen and oxygen atoms in total. The van der Waals surface area contributed by atoms with Gasteiger partial charge in [-0.3, -0.25) is 4.90 Å². The molecule has 0 amide bonds. The molecule has 1 saturated heterocycles. The summed E-state index contributed by atoms with van der Waals surface area (Å²) < 4.78 is 16.8. The van der Waals surface area contributed by atoms with Crippen molar-refractivity contribution in [3.8, 4) is 11.5 Å². The van der Waals surface area contributed by atoms with E-state index in [-0.39, 0.29) is 0 Å². The van der Waals surface area contributed by atoms with E-state index in [1.807, 2.05) is 12.1 Å². The third-order valence-corrected chi connectivity index (χ3v) is 4.58. The molecule has 1 aromatic carbocycles. The quantitative estimate of drug-likeness (QED) is 0.381.